The van der Waals surface area contributed by atoms with E-state index >= 15 is 0 Å². The summed E-state index contributed by atoms with van der Waals surface area (Å²) >= 11 is 0. The summed E-state index contributed by atoms with van der Waals surface area (Å²) in [6.07, 6.45) is 0. The number of nitrogen functional groups attached to an aromatic ring is 1. The molecular formula is C9H11NO2. The maximum atomic E-state index is 11.4. The van der Waals surface area contributed by atoms with E-state index in [1.54, 1.807) is 6.92 Å². The van der Waals surface area contributed by atoms with Gasteiger partial charge in [0.15, 0.2) is 0 Å². The molecule has 0 aromatic heterocycles. The molecule has 0 radical (unpaired) electrons. The van der Waals surface area contributed by atoms with Crippen molar-refractivity contribution in [2.45, 2.75) is 6.92 Å². The van der Waals surface area contributed by atoms with Gasteiger partial charge in [0.25, 0.3) is 0 Å². The second-order valence-electron chi connectivity index (χ2n) is 2.01. The number of ether oxygens (including phenoxy) is 1. The first kappa shape index (κ1) is 4.50. The van der Waals surface area contributed by atoms with Gasteiger partial charge in [-0.2, -0.15) is 0 Å². The van der Waals surface area contributed by atoms with Crippen LogP contribution in [0.2, 0.25) is 0 Å². The lowest BCUT2D eigenvalue weighted by Gasteiger charge is -2.00. The molecule has 64 valence electrons. The third-order valence-corrected chi connectivity index (χ3v) is 1.12. The van der Waals surface area contributed by atoms with Gasteiger partial charge in [0, 0.05) is 5.69 Å². The lowest BCUT2D eigenvalue weighted by molar-refractivity contribution is 0.0526. The zero-order valence-corrected chi connectivity index (χ0v) is 6.60. The number of hydrogen-bond donors (Lipinski definition) is 1. The molecule has 0 spiro atoms. The topological polar surface area (TPSA) is 52.3 Å². The van der Waals surface area contributed by atoms with Gasteiger partial charge in [-0.15, -0.1) is 0 Å². The minimum Gasteiger partial charge on any atom is -0.462 e. The fourth-order valence-corrected chi connectivity index (χ4v) is 0.627. The van der Waals surface area contributed by atoms with Gasteiger partial charge in [0.05, 0.1) is 17.7 Å². The maximum Gasteiger partial charge on any atom is 0.338 e. The molecule has 0 unspecified atom stereocenters. The predicted molar refractivity (Wildman–Crippen MR) is 46.8 cm³/mol. The monoisotopic (exact) mass is 169 g/mol. The first-order valence-electron chi connectivity index (χ1n) is 5.44. The van der Waals surface area contributed by atoms with E-state index < -0.39 is 30.1 Å². The molecule has 0 aliphatic rings. The molecule has 1 aromatic carbocycles. The van der Waals surface area contributed by atoms with Crippen LogP contribution in [0.5, 0.6) is 0 Å². The van der Waals surface area contributed by atoms with Crippen LogP contribution in [0, 0.1) is 0 Å². The summed E-state index contributed by atoms with van der Waals surface area (Å²) in [6.45, 7) is 1.69. The Morgan fingerprint density at radius 3 is 2.67 bits per heavy atom. The largest absolute Gasteiger partial charge is 0.462 e. The zero-order chi connectivity index (χ0) is 12.5. The Labute approximate surface area is 76.8 Å². The molecule has 0 atom stereocenters. The van der Waals surface area contributed by atoms with Gasteiger partial charge in [-0.05, 0) is 31.1 Å². The molecule has 2 N–H and O–H groups in total. The molecule has 0 fully saturated rings. The molecule has 0 bridgehead atoms. The Kier molecular flexibility index (Phi) is 1.41. The minimum absolute atomic E-state index is 0.1000. The third kappa shape index (κ3) is 1.99. The SMILES string of the molecule is [2H]c1c([2H])c(C(=O)OCC)c([2H])c([2H])c1N. The van der Waals surface area contributed by atoms with Crippen LogP contribution in [-0.4, -0.2) is 12.6 Å². The molecule has 0 amide bonds. The maximum absolute atomic E-state index is 11.4. The van der Waals surface area contributed by atoms with Crippen LogP contribution in [0.3, 0.4) is 0 Å². The second kappa shape index (κ2) is 3.76. The normalized spacial score (nSPS) is 14.1. The van der Waals surface area contributed by atoms with Crippen molar-refractivity contribution in [3.63, 3.8) is 0 Å². The zero-order valence-electron chi connectivity index (χ0n) is 10.6. The third-order valence-electron chi connectivity index (χ3n) is 1.12. The summed E-state index contributed by atoms with van der Waals surface area (Å²) in [5, 5.41) is 0. The quantitative estimate of drug-likeness (QED) is 0.538. The van der Waals surface area contributed by atoms with Gasteiger partial charge < -0.3 is 10.5 Å². The van der Waals surface area contributed by atoms with E-state index in [1.165, 1.54) is 0 Å². The number of nitrogens with two attached hydrogens (primary N) is 1. The number of carbonyl (C=O) groups is 1. The summed E-state index contributed by atoms with van der Waals surface area (Å²) in [6, 6.07) is -1.80. The van der Waals surface area contributed by atoms with E-state index in [-0.39, 0.29) is 17.9 Å². The molecule has 0 saturated carbocycles. The summed E-state index contributed by atoms with van der Waals surface area (Å²) in [4.78, 5) is 11.4. The molecular weight excluding hydrogens is 154 g/mol. The molecule has 1 aromatic rings. The molecule has 3 nitrogen and oxygen atoms in total. The standard InChI is InChI=1S/C9H11NO2/c1-2-12-9(11)7-3-5-8(10)6-4-7/h3-6H,2,10H2,1H3/i3D,4D,5D,6D. The van der Waals surface area contributed by atoms with Gasteiger partial charge in [-0.25, -0.2) is 4.79 Å². The van der Waals surface area contributed by atoms with Crippen LogP contribution in [0.25, 0.3) is 0 Å². The Hall–Kier alpha value is -1.51. The van der Waals surface area contributed by atoms with Crippen molar-refractivity contribution in [2.24, 2.45) is 0 Å². The highest BCUT2D eigenvalue weighted by molar-refractivity contribution is 5.89. The Morgan fingerprint density at radius 2 is 2.17 bits per heavy atom. The summed E-state index contributed by atoms with van der Waals surface area (Å²) in [5.41, 5.74) is 4.70. The Bertz CT molecular complexity index is 419. The van der Waals surface area contributed by atoms with Crippen LogP contribution in [-0.2, 0) is 4.74 Å². The van der Waals surface area contributed by atoms with Gasteiger partial charge in [-0.3, -0.25) is 0 Å². The highest BCUT2D eigenvalue weighted by Crippen LogP contribution is 2.06. The van der Waals surface area contributed by atoms with E-state index in [2.05, 4.69) is 4.74 Å². The highest BCUT2D eigenvalue weighted by atomic mass is 16.5. The van der Waals surface area contributed by atoms with Gasteiger partial charge in [0.2, 0.25) is 0 Å². The van der Waals surface area contributed by atoms with Gasteiger partial charge in [0.1, 0.15) is 0 Å². The minimum atomic E-state index is -0.875. The van der Waals surface area contributed by atoms with Crippen molar-refractivity contribution in [2.75, 3.05) is 12.3 Å². The lowest BCUT2D eigenvalue weighted by atomic mass is 10.2. The van der Waals surface area contributed by atoms with E-state index in [9.17, 15) is 4.79 Å². The van der Waals surface area contributed by atoms with Crippen LogP contribution >= 0.6 is 0 Å². The van der Waals surface area contributed by atoms with Crippen LogP contribution in [0.1, 0.15) is 22.8 Å². The Morgan fingerprint density at radius 1 is 1.58 bits per heavy atom. The highest BCUT2D eigenvalue weighted by Gasteiger charge is 2.03. The molecule has 3 heteroatoms. The van der Waals surface area contributed by atoms with Crippen molar-refractivity contribution >= 4 is 11.7 Å². The molecule has 1 rings (SSSR count). The molecule has 0 heterocycles. The number of esters is 1. The summed E-state index contributed by atoms with van der Waals surface area (Å²) in [7, 11) is 0. The van der Waals surface area contributed by atoms with E-state index in [1.807, 2.05) is 0 Å². The number of anilines is 1. The summed E-state index contributed by atoms with van der Waals surface area (Å²) < 4.78 is 34.5. The van der Waals surface area contributed by atoms with Gasteiger partial charge in [-0.1, -0.05) is 0 Å². The molecule has 0 aliphatic carbocycles. The van der Waals surface area contributed by atoms with Crippen molar-refractivity contribution in [1.82, 2.24) is 0 Å². The fourth-order valence-electron chi connectivity index (χ4n) is 0.627. The Balaban J connectivity index is 3.45. The predicted octanol–water partition coefficient (Wildman–Crippen LogP) is 1.45. The number of hydrogen-bond acceptors (Lipinski definition) is 3. The van der Waals surface area contributed by atoms with Gasteiger partial charge >= 0.3 is 5.97 Å². The van der Waals surface area contributed by atoms with Crippen molar-refractivity contribution in [1.29, 1.82) is 0 Å². The number of rotatable bonds is 2. The number of carbonyl (C=O) groups excluding carboxylic acids is 1. The second-order valence-corrected chi connectivity index (χ2v) is 2.01. The van der Waals surface area contributed by atoms with E-state index in [0.717, 1.165) is 0 Å². The van der Waals surface area contributed by atoms with Crippen LogP contribution < -0.4 is 5.73 Å². The van der Waals surface area contributed by atoms with E-state index in [4.69, 9.17) is 11.2 Å². The number of benzene rings is 1. The first-order valence-corrected chi connectivity index (χ1v) is 3.44. The van der Waals surface area contributed by atoms with Crippen molar-refractivity contribution in [3.8, 4) is 0 Å². The first-order chi connectivity index (χ1) is 7.41. The lowest BCUT2D eigenvalue weighted by Crippen LogP contribution is -2.04. The average molecular weight is 169 g/mol. The molecule has 0 aliphatic heterocycles. The van der Waals surface area contributed by atoms with Crippen LogP contribution in [0.4, 0.5) is 5.69 Å². The average Bonchev–Trinajstić information content (AvgIpc) is 2.24. The van der Waals surface area contributed by atoms with Crippen LogP contribution in [0.15, 0.2) is 24.2 Å². The molecule has 0 saturated heterocycles. The van der Waals surface area contributed by atoms with Crippen molar-refractivity contribution in [3.05, 3.63) is 29.7 Å². The smallest absolute Gasteiger partial charge is 0.338 e. The summed E-state index contributed by atoms with van der Waals surface area (Å²) in [5.74, 6) is -0.875. The fraction of sp³-hybridized carbons (Fsp3) is 0.222. The van der Waals surface area contributed by atoms with Crippen molar-refractivity contribution < 1.29 is 15.0 Å². The van der Waals surface area contributed by atoms with E-state index in [0.29, 0.717) is 0 Å². The molecule has 12 heavy (non-hydrogen) atoms.